The minimum absolute atomic E-state index is 0.00377. The van der Waals surface area contributed by atoms with Crippen molar-refractivity contribution < 1.29 is 33.3 Å². The Morgan fingerprint density at radius 1 is 1.12 bits per heavy atom. The highest BCUT2D eigenvalue weighted by molar-refractivity contribution is 5.87. The Bertz CT molecular complexity index is 1150. The first kappa shape index (κ1) is 24.6. The molecule has 1 aromatic heterocycles. The number of benzene rings is 2. The second-order valence-electron chi connectivity index (χ2n) is 8.54. The number of nitrogens with zero attached hydrogens (tertiary/aromatic N) is 1. The van der Waals surface area contributed by atoms with Gasteiger partial charge in [-0.05, 0) is 51.5 Å². The highest BCUT2D eigenvalue weighted by atomic mass is 16.6. The van der Waals surface area contributed by atoms with Crippen LogP contribution in [-0.2, 0) is 11.3 Å². The number of carboxylic acids is 1. The Labute approximate surface area is 197 Å². The van der Waals surface area contributed by atoms with E-state index in [9.17, 15) is 14.7 Å². The van der Waals surface area contributed by atoms with E-state index in [0.717, 1.165) is 5.56 Å². The molecule has 0 saturated heterocycles. The molecule has 34 heavy (non-hydrogen) atoms. The number of nitrogens with one attached hydrogen (secondary N) is 1. The summed E-state index contributed by atoms with van der Waals surface area (Å²) in [4.78, 5) is 28.1. The van der Waals surface area contributed by atoms with Crippen LogP contribution in [-0.4, -0.2) is 34.9 Å². The normalized spacial score (nSPS) is 12.0. The van der Waals surface area contributed by atoms with Crippen LogP contribution in [0.25, 0.3) is 11.5 Å². The number of rotatable bonds is 8. The van der Waals surface area contributed by atoms with E-state index in [1.165, 1.54) is 7.11 Å². The highest BCUT2D eigenvalue weighted by Gasteiger charge is 2.27. The molecule has 0 aliphatic rings. The van der Waals surface area contributed by atoms with E-state index >= 15 is 0 Å². The van der Waals surface area contributed by atoms with E-state index in [1.54, 1.807) is 45.9 Å². The Kier molecular flexibility index (Phi) is 7.45. The molecule has 0 aliphatic heterocycles. The number of amides is 1. The number of aromatic nitrogens is 1. The SMILES string of the molecule is COc1ccc(-c2nc(C(=O)O)c(C(C)NC(=O)OC(C)(C)C)o2)cc1OCc1ccccc1. The van der Waals surface area contributed by atoms with Gasteiger partial charge >= 0.3 is 12.1 Å². The van der Waals surface area contributed by atoms with Gasteiger partial charge in [0, 0.05) is 5.56 Å². The van der Waals surface area contributed by atoms with Gasteiger partial charge in [0.05, 0.1) is 13.2 Å². The van der Waals surface area contributed by atoms with E-state index in [2.05, 4.69) is 10.3 Å². The molecule has 0 saturated carbocycles. The third kappa shape index (κ3) is 6.28. The molecule has 3 rings (SSSR count). The van der Waals surface area contributed by atoms with E-state index in [0.29, 0.717) is 23.7 Å². The van der Waals surface area contributed by atoms with Crippen LogP contribution in [0, 0.1) is 0 Å². The number of alkyl carbamates (subject to hydrolysis) is 1. The molecule has 1 heterocycles. The fourth-order valence-electron chi connectivity index (χ4n) is 3.11. The molecular formula is C25H28N2O7. The summed E-state index contributed by atoms with van der Waals surface area (Å²) in [6.45, 7) is 7.09. The monoisotopic (exact) mass is 468 g/mol. The summed E-state index contributed by atoms with van der Waals surface area (Å²) in [6, 6.07) is 13.9. The van der Waals surface area contributed by atoms with Crippen LogP contribution >= 0.6 is 0 Å². The molecular weight excluding hydrogens is 440 g/mol. The second kappa shape index (κ2) is 10.3. The maximum Gasteiger partial charge on any atom is 0.408 e. The first-order chi connectivity index (χ1) is 16.1. The molecule has 2 N–H and O–H groups in total. The van der Waals surface area contributed by atoms with Crippen molar-refractivity contribution in [2.24, 2.45) is 0 Å². The number of aromatic carboxylic acids is 1. The molecule has 0 radical (unpaired) electrons. The van der Waals surface area contributed by atoms with Crippen molar-refractivity contribution in [3.8, 4) is 23.0 Å². The summed E-state index contributed by atoms with van der Waals surface area (Å²) in [5, 5.41) is 12.2. The fourth-order valence-corrected chi connectivity index (χ4v) is 3.11. The molecule has 2 aromatic carbocycles. The van der Waals surface area contributed by atoms with Crippen LogP contribution < -0.4 is 14.8 Å². The number of carbonyl (C=O) groups excluding carboxylic acids is 1. The van der Waals surface area contributed by atoms with Crippen molar-refractivity contribution in [3.05, 3.63) is 65.5 Å². The van der Waals surface area contributed by atoms with Crippen molar-refractivity contribution in [3.63, 3.8) is 0 Å². The summed E-state index contributed by atoms with van der Waals surface area (Å²) in [6.07, 6.45) is -0.699. The number of ether oxygens (including phenoxy) is 3. The predicted octanol–water partition coefficient (Wildman–Crippen LogP) is 5.21. The van der Waals surface area contributed by atoms with Crippen LogP contribution in [0.1, 0.15) is 55.5 Å². The lowest BCUT2D eigenvalue weighted by atomic mass is 10.2. The first-order valence-electron chi connectivity index (χ1n) is 10.7. The van der Waals surface area contributed by atoms with Gasteiger partial charge in [0.1, 0.15) is 12.2 Å². The third-order valence-corrected chi connectivity index (χ3v) is 4.63. The molecule has 9 nitrogen and oxygen atoms in total. The molecule has 0 fully saturated rings. The zero-order valence-corrected chi connectivity index (χ0v) is 19.7. The molecule has 9 heteroatoms. The summed E-state index contributed by atoms with van der Waals surface area (Å²) in [7, 11) is 1.53. The first-order valence-corrected chi connectivity index (χ1v) is 10.7. The smallest absolute Gasteiger partial charge is 0.408 e. The van der Waals surface area contributed by atoms with Crippen molar-refractivity contribution in [1.82, 2.24) is 10.3 Å². The fraction of sp³-hybridized carbons (Fsp3) is 0.320. The quantitative estimate of drug-likeness (QED) is 0.462. The van der Waals surface area contributed by atoms with Gasteiger partial charge in [-0.3, -0.25) is 0 Å². The van der Waals surface area contributed by atoms with Crippen LogP contribution in [0.5, 0.6) is 11.5 Å². The van der Waals surface area contributed by atoms with Crippen LogP contribution in [0.15, 0.2) is 52.9 Å². The zero-order valence-electron chi connectivity index (χ0n) is 19.7. The van der Waals surface area contributed by atoms with Crippen molar-refractivity contribution in [1.29, 1.82) is 0 Å². The standard InChI is InChI=1S/C25H28N2O7/c1-15(26-24(30)34-25(2,3)4)21-20(23(28)29)27-22(33-21)17-11-12-18(31-5)19(13-17)32-14-16-9-7-6-8-10-16/h6-13,15H,14H2,1-5H3,(H,26,30)(H,28,29). The van der Waals surface area contributed by atoms with E-state index in [-0.39, 0.29) is 17.3 Å². The van der Waals surface area contributed by atoms with Gasteiger partial charge in [0.25, 0.3) is 0 Å². The molecule has 0 bridgehead atoms. The van der Waals surface area contributed by atoms with E-state index in [4.69, 9.17) is 18.6 Å². The van der Waals surface area contributed by atoms with Gasteiger partial charge < -0.3 is 29.1 Å². The van der Waals surface area contributed by atoms with Gasteiger partial charge in [-0.15, -0.1) is 0 Å². The Morgan fingerprint density at radius 3 is 2.44 bits per heavy atom. The summed E-state index contributed by atoms with van der Waals surface area (Å²) in [5.74, 6) is -0.268. The molecule has 1 atom stereocenters. The second-order valence-corrected chi connectivity index (χ2v) is 8.54. The number of oxazole rings is 1. The Balaban J connectivity index is 1.87. The maximum absolute atomic E-state index is 12.1. The Hall–Kier alpha value is -4.01. The minimum Gasteiger partial charge on any atom is -0.493 e. The van der Waals surface area contributed by atoms with Crippen LogP contribution in [0.3, 0.4) is 0 Å². The predicted molar refractivity (Wildman–Crippen MR) is 124 cm³/mol. The lowest BCUT2D eigenvalue weighted by Gasteiger charge is -2.21. The average Bonchev–Trinajstić information content (AvgIpc) is 3.23. The maximum atomic E-state index is 12.1. The van der Waals surface area contributed by atoms with E-state index in [1.807, 2.05) is 30.3 Å². The van der Waals surface area contributed by atoms with Crippen molar-refractivity contribution >= 4 is 12.1 Å². The van der Waals surface area contributed by atoms with Crippen LogP contribution in [0.2, 0.25) is 0 Å². The van der Waals surface area contributed by atoms with Gasteiger partial charge in [0.2, 0.25) is 5.89 Å². The topological polar surface area (TPSA) is 120 Å². The van der Waals surface area contributed by atoms with Crippen LogP contribution in [0.4, 0.5) is 4.79 Å². The van der Waals surface area contributed by atoms with Gasteiger partial charge in [-0.2, -0.15) is 0 Å². The summed E-state index contributed by atoms with van der Waals surface area (Å²) < 4.78 is 22.3. The summed E-state index contributed by atoms with van der Waals surface area (Å²) in [5.41, 5.74) is 0.456. The number of hydrogen-bond acceptors (Lipinski definition) is 7. The van der Waals surface area contributed by atoms with E-state index < -0.39 is 23.7 Å². The highest BCUT2D eigenvalue weighted by Crippen LogP contribution is 2.34. The van der Waals surface area contributed by atoms with Crippen molar-refractivity contribution in [2.45, 2.75) is 45.9 Å². The Morgan fingerprint density at radius 2 is 1.82 bits per heavy atom. The summed E-state index contributed by atoms with van der Waals surface area (Å²) >= 11 is 0. The van der Waals surface area contributed by atoms with Gasteiger partial charge in [0.15, 0.2) is 23.0 Å². The average molecular weight is 469 g/mol. The molecule has 0 spiro atoms. The molecule has 180 valence electrons. The number of hydrogen-bond donors (Lipinski definition) is 2. The molecule has 0 aliphatic carbocycles. The molecule has 1 unspecified atom stereocenters. The molecule has 3 aromatic rings. The minimum atomic E-state index is -1.28. The molecule has 1 amide bonds. The van der Waals surface area contributed by atoms with Gasteiger partial charge in [-0.25, -0.2) is 14.6 Å². The number of carboxylic acid groups (broad SMARTS) is 1. The number of carbonyl (C=O) groups is 2. The number of methoxy groups -OCH3 is 1. The van der Waals surface area contributed by atoms with Gasteiger partial charge in [-0.1, -0.05) is 30.3 Å². The third-order valence-electron chi connectivity index (χ3n) is 4.63. The van der Waals surface area contributed by atoms with Crippen molar-refractivity contribution in [2.75, 3.05) is 7.11 Å². The zero-order chi connectivity index (χ0) is 24.9. The lowest BCUT2D eigenvalue weighted by molar-refractivity contribution is 0.0498. The lowest BCUT2D eigenvalue weighted by Crippen LogP contribution is -2.34. The largest absolute Gasteiger partial charge is 0.493 e.